The normalized spacial score (nSPS) is 19.0. The van der Waals surface area contributed by atoms with Crippen molar-refractivity contribution in [3.05, 3.63) is 71.8 Å². The van der Waals surface area contributed by atoms with Crippen molar-refractivity contribution in [1.82, 2.24) is 4.90 Å². The first kappa shape index (κ1) is 19.2. The maximum atomic E-state index is 12.8. The smallest absolute Gasteiger partial charge is 0.326 e. The Morgan fingerprint density at radius 2 is 1.59 bits per heavy atom. The van der Waals surface area contributed by atoms with Crippen molar-refractivity contribution in [1.29, 1.82) is 0 Å². The molecule has 1 fully saturated rings. The fourth-order valence-electron chi connectivity index (χ4n) is 3.42. The van der Waals surface area contributed by atoms with Gasteiger partial charge in [-0.2, -0.15) is 0 Å². The summed E-state index contributed by atoms with van der Waals surface area (Å²) in [5, 5.41) is 9.42. The largest absolute Gasteiger partial charge is 0.480 e. The monoisotopic (exact) mass is 383 g/mol. The second-order valence-corrected chi connectivity index (χ2v) is 7.48. The first-order chi connectivity index (χ1) is 13.1. The van der Waals surface area contributed by atoms with E-state index < -0.39 is 12.0 Å². The molecular weight excluding hydrogens is 362 g/mol. The maximum Gasteiger partial charge on any atom is 0.326 e. The molecule has 1 heterocycles. The van der Waals surface area contributed by atoms with Crippen LogP contribution in [0.4, 0.5) is 0 Å². The number of amides is 1. The standard InChI is InChI=1S/C21H21NO4S/c23-19(13-14-27-21(26)16-9-5-2-6-10-16)22-17(11-12-18(22)20(24)25)15-7-3-1-4-8-15/h1-10,17-18H,11-14H2,(H,24,25). The number of carboxylic acids is 1. The van der Waals surface area contributed by atoms with Crippen LogP contribution in [0.25, 0.3) is 0 Å². The molecule has 2 aromatic carbocycles. The predicted octanol–water partition coefficient (Wildman–Crippen LogP) is 3.77. The van der Waals surface area contributed by atoms with E-state index >= 15 is 0 Å². The molecule has 1 saturated heterocycles. The third kappa shape index (κ3) is 4.57. The van der Waals surface area contributed by atoms with Crippen molar-refractivity contribution < 1.29 is 19.5 Å². The maximum absolute atomic E-state index is 12.8. The Morgan fingerprint density at radius 3 is 2.22 bits per heavy atom. The van der Waals surface area contributed by atoms with E-state index in [-0.39, 0.29) is 23.5 Å². The van der Waals surface area contributed by atoms with Crippen LogP contribution in [0.2, 0.25) is 0 Å². The van der Waals surface area contributed by atoms with Gasteiger partial charge in [0.15, 0.2) is 0 Å². The van der Waals surface area contributed by atoms with Gasteiger partial charge in [0.05, 0.1) is 6.04 Å². The summed E-state index contributed by atoms with van der Waals surface area (Å²) in [7, 11) is 0. The van der Waals surface area contributed by atoms with Crippen LogP contribution in [0, 0.1) is 0 Å². The van der Waals surface area contributed by atoms with Gasteiger partial charge in [0.2, 0.25) is 11.0 Å². The Morgan fingerprint density at radius 1 is 0.963 bits per heavy atom. The number of aliphatic carboxylic acids is 1. The average molecular weight is 383 g/mol. The van der Waals surface area contributed by atoms with Crippen LogP contribution in [0.5, 0.6) is 0 Å². The lowest BCUT2D eigenvalue weighted by molar-refractivity contribution is -0.149. The molecule has 3 rings (SSSR count). The summed E-state index contributed by atoms with van der Waals surface area (Å²) in [6.45, 7) is 0. The molecule has 140 valence electrons. The highest BCUT2D eigenvalue weighted by Gasteiger charge is 2.41. The molecule has 0 bridgehead atoms. The minimum atomic E-state index is -0.977. The lowest BCUT2D eigenvalue weighted by Gasteiger charge is -2.28. The Balaban J connectivity index is 1.65. The third-order valence-corrected chi connectivity index (χ3v) is 5.61. The van der Waals surface area contributed by atoms with Gasteiger partial charge < -0.3 is 10.0 Å². The van der Waals surface area contributed by atoms with Gasteiger partial charge in [-0.25, -0.2) is 4.79 Å². The van der Waals surface area contributed by atoms with E-state index in [4.69, 9.17) is 0 Å². The number of thioether (sulfide) groups is 1. The lowest BCUT2D eigenvalue weighted by atomic mass is 10.0. The minimum Gasteiger partial charge on any atom is -0.480 e. The number of nitrogens with zero attached hydrogens (tertiary/aromatic N) is 1. The summed E-state index contributed by atoms with van der Waals surface area (Å²) in [6, 6.07) is 17.4. The molecule has 1 aliphatic rings. The van der Waals surface area contributed by atoms with Crippen LogP contribution < -0.4 is 0 Å². The van der Waals surface area contributed by atoms with E-state index in [1.54, 1.807) is 24.3 Å². The van der Waals surface area contributed by atoms with Crippen LogP contribution in [0.15, 0.2) is 60.7 Å². The van der Waals surface area contributed by atoms with Gasteiger partial charge in [-0.05, 0) is 18.4 Å². The molecule has 1 N–H and O–H groups in total. The topological polar surface area (TPSA) is 74.7 Å². The second-order valence-electron chi connectivity index (χ2n) is 6.41. The minimum absolute atomic E-state index is 0.0841. The van der Waals surface area contributed by atoms with Crippen LogP contribution in [-0.2, 0) is 9.59 Å². The number of carbonyl (C=O) groups excluding carboxylic acids is 2. The van der Waals surface area contributed by atoms with Gasteiger partial charge in [0, 0.05) is 17.7 Å². The Labute approximate surface area is 162 Å². The van der Waals surface area contributed by atoms with Gasteiger partial charge in [0.25, 0.3) is 0 Å². The first-order valence-electron chi connectivity index (χ1n) is 8.89. The fourth-order valence-corrected chi connectivity index (χ4v) is 4.19. The van der Waals surface area contributed by atoms with Crippen molar-refractivity contribution in [3.63, 3.8) is 0 Å². The van der Waals surface area contributed by atoms with Gasteiger partial charge >= 0.3 is 5.97 Å². The summed E-state index contributed by atoms with van der Waals surface area (Å²) in [5.41, 5.74) is 1.55. The molecule has 5 nitrogen and oxygen atoms in total. The number of likely N-dealkylation sites (tertiary alicyclic amines) is 1. The van der Waals surface area contributed by atoms with Crippen molar-refractivity contribution in [2.45, 2.75) is 31.3 Å². The zero-order valence-electron chi connectivity index (χ0n) is 14.8. The number of carbonyl (C=O) groups is 3. The van der Waals surface area contributed by atoms with Crippen molar-refractivity contribution >= 4 is 28.8 Å². The van der Waals surface area contributed by atoms with E-state index in [2.05, 4.69) is 0 Å². The summed E-state index contributed by atoms with van der Waals surface area (Å²) < 4.78 is 0. The average Bonchev–Trinajstić information content (AvgIpc) is 3.15. The predicted molar refractivity (Wildman–Crippen MR) is 105 cm³/mol. The number of benzene rings is 2. The van der Waals surface area contributed by atoms with E-state index in [0.29, 0.717) is 24.2 Å². The highest BCUT2D eigenvalue weighted by Crippen LogP contribution is 2.36. The fraction of sp³-hybridized carbons (Fsp3) is 0.286. The summed E-state index contributed by atoms with van der Waals surface area (Å²) >= 11 is 1.09. The lowest BCUT2D eigenvalue weighted by Crippen LogP contribution is -2.42. The molecule has 6 heteroatoms. The molecule has 0 spiro atoms. The number of carboxylic acid groups (broad SMARTS) is 1. The Bertz CT molecular complexity index is 809. The molecule has 2 atom stereocenters. The van der Waals surface area contributed by atoms with Crippen LogP contribution >= 0.6 is 11.8 Å². The zero-order chi connectivity index (χ0) is 19.2. The summed E-state index contributed by atoms with van der Waals surface area (Å²) in [5.74, 6) is -0.867. The van der Waals surface area contributed by atoms with Gasteiger partial charge in [-0.15, -0.1) is 0 Å². The summed E-state index contributed by atoms with van der Waals surface area (Å²) in [6.07, 6.45) is 1.20. The van der Waals surface area contributed by atoms with Crippen molar-refractivity contribution in [3.8, 4) is 0 Å². The molecule has 0 saturated carbocycles. The quantitative estimate of drug-likeness (QED) is 0.822. The highest BCUT2D eigenvalue weighted by molar-refractivity contribution is 8.14. The van der Waals surface area contributed by atoms with Crippen molar-refractivity contribution in [2.75, 3.05) is 5.75 Å². The molecule has 1 amide bonds. The van der Waals surface area contributed by atoms with Crippen LogP contribution in [-0.4, -0.2) is 38.8 Å². The molecule has 2 aromatic rings. The van der Waals surface area contributed by atoms with E-state index in [1.165, 1.54) is 4.90 Å². The molecule has 0 aliphatic carbocycles. The van der Waals surface area contributed by atoms with E-state index in [0.717, 1.165) is 17.3 Å². The third-order valence-electron chi connectivity index (χ3n) is 4.70. The van der Waals surface area contributed by atoms with Crippen LogP contribution in [0.3, 0.4) is 0 Å². The van der Waals surface area contributed by atoms with Crippen LogP contribution in [0.1, 0.15) is 41.2 Å². The first-order valence-corrected chi connectivity index (χ1v) is 9.87. The zero-order valence-corrected chi connectivity index (χ0v) is 15.6. The Hall–Kier alpha value is -2.60. The second kappa shape index (κ2) is 8.86. The number of hydrogen-bond acceptors (Lipinski definition) is 4. The SMILES string of the molecule is O=C(SCCC(=O)N1C(C(=O)O)CCC1c1ccccc1)c1ccccc1. The molecule has 0 aromatic heterocycles. The van der Waals surface area contributed by atoms with Gasteiger partial charge in [0.1, 0.15) is 6.04 Å². The number of rotatable bonds is 6. The summed E-state index contributed by atoms with van der Waals surface area (Å²) in [4.78, 5) is 38.0. The van der Waals surface area contributed by atoms with E-state index in [1.807, 2.05) is 36.4 Å². The van der Waals surface area contributed by atoms with Crippen molar-refractivity contribution in [2.24, 2.45) is 0 Å². The highest BCUT2D eigenvalue weighted by atomic mass is 32.2. The molecule has 1 aliphatic heterocycles. The molecule has 27 heavy (non-hydrogen) atoms. The number of hydrogen-bond donors (Lipinski definition) is 1. The Kier molecular flexibility index (Phi) is 6.29. The molecule has 0 radical (unpaired) electrons. The van der Waals surface area contributed by atoms with Gasteiger partial charge in [-0.1, -0.05) is 72.4 Å². The van der Waals surface area contributed by atoms with E-state index in [9.17, 15) is 19.5 Å². The molecular formula is C21H21NO4S. The molecule has 2 unspecified atom stereocenters. The van der Waals surface area contributed by atoms with Gasteiger partial charge in [-0.3, -0.25) is 9.59 Å².